The monoisotopic (exact) mass is 327 g/mol. The molecule has 0 radical (unpaired) electrons. The van der Waals surface area contributed by atoms with Crippen molar-refractivity contribution < 1.29 is 4.79 Å². The highest BCUT2D eigenvalue weighted by molar-refractivity contribution is 7.17. The van der Waals surface area contributed by atoms with E-state index in [-0.39, 0.29) is 18.0 Å². The molecule has 5 nitrogen and oxygen atoms in total. The van der Waals surface area contributed by atoms with Gasteiger partial charge in [0.25, 0.3) is 5.56 Å². The largest absolute Gasteiger partial charge is 0.324 e. The van der Waals surface area contributed by atoms with Crippen LogP contribution < -0.4 is 10.9 Å². The lowest BCUT2D eigenvalue weighted by molar-refractivity contribution is -0.116. The number of nitrogens with zero attached hydrogens (tertiary/aromatic N) is 2. The number of aromatic nitrogens is 2. The molecule has 23 heavy (non-hydrogen) atoms. The van der Waals surface area contributed by atoms with Gasteiger partial charge in [0.2, 0.25) is 5.91 Å². The van der Waals surface area contributed by atoms with Gasteiger partial charge in [0.15, 0.2) is 0 Å². The minimum absolute atomic E-state index is 0.0495. The maximum atomic E-state index is 12.3. The molecule has 0 saturated carbocycles. The van der Waals surface area contributed by atoms with Gasteiger partial charge >= 0.3 is 0 Å². The normalized spacial score (nSPS) is 11.1. The van der Waals surface area contributed by atoms with E-state index >= 15 is 0 Å². The molecule has 6 heteroatoms. The fourth-order valence-electron chi connectivity index (χ4n) is 2.45. The average Bonchev–Trinajstić information content (AvgIpc) is 3.00. The van der Waals surface area contributed by atoms with Crippen LogP contribution in [0.2, 0.25) is 0 Å². The Kier molecular flexibility index (Phi) is 4.25. The van der Waals surface area contributed by atoms with E-state index in [0.717, 1.165) is 11.3 Å². The van der Waals surface area contributed by atoms with E-state index in [4.69, 9.17) is 0 Å². The number of fused-ring (bicyclic) bond motifs is 1. The zero-order chi connectivity index (χ0) is 16.4. The van der Waals surface area contributed by atoms with Crippen LogP contribution in [-0.4, -0.2) is 15.5 Å². The van der Waals surface area contributed by atoms with Gasteiger partial charge in [-0.3, -0.25) is 14.2 Å². The van der Waals surface area contributed by atoms with Gasteiger partial charge in [0, 0.05) is 5.69 Å². The Hall–Kier alpha value is -2.47. The molecule has 0 aliphatic carbocycles. The molecule has 0 aliphatic heterocycles. The zero-order valence-electron chi connectivity index (χ0n) is 12.9. The lowest BCUT2D eigenvalue weighted by Gasteiger charge is -2.14. The standard InChI is InChI=1S/C17H17N3O2S/c1-11(2)12-5-3-4-6-13(12)19-15(21)9-20-10-18-14-7-8-23-16(14)17(20)22/h3-8,10-11H,9H2,1-2H3,(H,19,21). The fraction of sp³-hybridized carbons (Fsp3) is 0.235. The van der Waals surface area contributed by atoms with Crippen LogP contribution in [0.15, 0.2) is 46.8 Å². The molecule has 0 fully saturated rings. The van der Waals surface area contributed by atoms with Gasteiger partial charge in [-0.1, -0.05) is 32.0 Å². The predicted molar refractivity (Wildman–Crippen MR) is 93.0 cm³/mol. The van der Waals surface area contributed by atoms with Gasteiger partial charge in [-0.15, -0.1) is 11.3 Å². The number of benzene rings is 1. The molecule has 0 atom stereocenters. The summed E-state index contributed by atoms with van der Waals surface area (Å²) in [5.41, 5.74) is 2.34. The summed E-state index contributed by atoms with van der Waals surface area (Å²) in [5, 5.41) is 4.71. The van der Waals surface area contributed by atoms with Gasteiger partial charge in [-0.05, 0) is 29.0 Å². The van der Waals surface area contributed by atoms with Crippen LogP contribution in [0.25, 0.3) is 10.2 Å². The van der Waals surface area contributed by atoms with Crippen molar-refractivity contribution in [3.8, 4) is 0 Å². The van der Waals surface area contributed by atoms with Crippen LogP contribution >= 0.6 is 11.3 Å². The van der Waals surface area contributed by atoms with Crippen LogP contribution in [0.1, 0.15) is 25.3 Å². The highest BCUT2D eigenvalue weighted by Crippen LogP contribution is 2.23. The minimum Gasteiger partial charge on any atom is -0.324 e. The second-order valence-corrected chi connectivity index (χ2v) is 6.52. The van der Waals surface area contributed by atoms with Crippen LogP contribution in [0.5, 0.6) is 0 Å². The molecule has 1 amide bonds. The van der Waals surface area contributed by atoms with Crippen molar-refractivity contribution in [2.45, 2.75) is 26.3 Å². The molecule has 0 bridgehead atoms. The van der Waals surface area contributed by atoms with E-state index in [1.807, 2.05) is 29.6 Å². The lowest BCUT2D eigenvalue weighted by atomic mass is 10.0. The van der Waals surface area contributed by atoms with Crippen molar-refractivity contribution in [3.05, 3.63) is 58.0 Å². The second-order valence-electron chi connectivity index (χ2n) is 5.60. The minimum atomic E-state index is -0.238. The Morgan fingerprint density at radius 2 is 2.09 bits per heavy atom. The molecular formula is C17H17N3O2S. The van der Waals surface area contributed by atoms with Gasteiger partial charge in [0.1, 0.15) is 11.2 Å². The van der Waals surface area contributed by atoms with Crippen molar-refractivity contribution in [1.82, 2.24) is 9.55 Å². The number of anilines is 1. The summed E-state index contributed by atoms with van der Waals surface area (Å²) < 4.78 is 1.91. The summed E-state index contributed by atoms with van der Waals surface area (Å²) in [6.07, 6.45) is 1.42. The Labute approximate surface area is 137 Å². The molecule has 0 saturated heterocycles. The van der Waals surface area contributed by atoms with E-state index in [1.54, 1.807) is 6.07 Å². The first-order valence-corrected chi connectivity index (χ1v) is 8.25. The number of rotatable bonds is 4. The second kappa shape index (κ2) is 6.34. The van der Waals surface area contributed by atoms with E-state index in [2.05, 4.69) is 24.1 Å². The van der Waals surface area contributed by atoms with Crippen molar-refractivity contribution in [2.75, 3.05) is 5.32 Å². The molecule has 2 heterocycles. The maximum Gasteiger partial charge on any atom is 0.271 e. The van der Waals surface area contributed by atoms with Crippen LogP contribution in [0.3, 0.4) is 0 Å². The molecule has 3 aromatic rings. The summed E-state index contributed by atoms with van der Waals surface area (Å²) in [6.45, 7) is 4.10. The number of amides is 1. The van der Waals surface area contributed by atoms with Gasteiger partial charge in [-0.25, -0.2) is 4.98 Å². The summed E-state index contributed by atoms with van der Waals surface area (Å²) in [5.74, 6) is 0.0660. The Balaban J connectivity index is 1.82. The predicted octanol–water partition coefficient (Wildman–Crippen LogP) is 3.22. The van der Waals surface area contributed by atoms with Crippen molar-refractivity contribution in [3.63, 3.8) is 0 Å². The molecule has 1 aromatic carbocycles. The van der Waals surface area contributed by atoms with Crippen molar-refractivity contribution in [1.29, 1.82) is 0 Å². The quantitative estimate of drug-likeness (QED) is 0.800. The van der Waals surface area contributed by atoms with Crippen molar-refractivity contribution in [2.24, 2.45) is 0 Å². The molecule has 0 unspecified atom stereocenters. The third-order valence-corrected chi connectivity index (χ3v) is 4.50. The van der Waals surface area contributed by atoms with Crippen LogP contribution in [0, 0.1) is 0 Å². The number of carbonyl (C=O) groups excluding carboxylic acids is 1. The van der Waals surface area contributed by atoms with Crippen LogP contribution in [-0.2, 0) is 11.3 Å². The van der Waals surface area contributed by atoms with E-state index in [9.17, 15) is 9.59 Å². The number of para-hydroxylation sites is 1. The highest BCUT2D eigenvalue weighted by atomic mass is 32.1. The van der Waals surface area contributed by atoms with Gasteiger partial charge in [0.05, 0.1) is 11.8 Å². The number of carbonyl (C=O) groups is 1. The first-order valence-electron chi connectivity index (χ1n) is 7.37. The summed E-state index contributed by atoms with van der Waals surface area (Å²) in [6, 6.07) is 9.49. The number of hydrogen-bond donors (Lipinski definition) is 1. The first kappa shape index (κ1) is 15.4. The number of hydrogen-bond acceptors (Lipinski definition) is 4. The summed E-state index contributed by atoms with van der Waals surface area (Å²) in [4.78, 5) is 28.8. The molecule has 3 rings (SSSR count). The molecule has 0 aliphatic rings. The Morgan fingerprint density at radius 3 is 2.87 bits per heavy atom. The van der Waals surface area contributed by atoms with E-state index in [1.165, 1.54) is 22.2 Å². The molecular weight excluding hydrogens is 310 g/mol. The third-order valence-electron chi connectivity index (χ3n) is 3.61. The molecule has 118 valence electrons. The summed E-state index contributed by atoms with van der Waals surface area (Å²) in [7, 11) is 0. The number of nitrogens with one attached hydrogen (secondary N) is 1. The average molecular weight is 327 g/mol. The van der Waals surface area contributed by atoms with E-state index in [0.29, 0.717) is 16.1 Å². The number of thiophene rings is 1. The first-order chi connectivity index (χ1) is 11.1. The van der Waals surface area contributed by atoms with Gasteiger partial charge < -0.3 is 5.32 Å². The maximum absolute atomic E-state index is 12.3. The zero-order valence-corrected chi connectivity index (χ0v) is 13.8. The smallest absolute Gasteiger partial charge is 0.271 e. The lowest BCUT2D eigenvalue weighted by Crippen LogP contribution is -2.27. The third kappa shape index (κ3) is 3.17. The van der Waals surface area contributed by atoms with Gasteiger partial charge in [-0.2, -0.15) is 0 Å². The SMILES string of the molecule is CC(C)c1ccccc1NC(=O)Cn1cnc2ccsc2c1=O. The molecule has 0 spiro atoms. The molecule has 1 N–H and O–H groups in total. The highest BCUT2D eigenvalue weighted by Gasteiger charge is 2.12. The van der Waals surface area contributed by atoms with E-state index < -0.39 is 0 Å². The fourth-order valence-corrected chi connectivity index (χ4v) is 3.24. The summed E-state index contributed by atoms with van der Waals surface area (Å²) >= 11 is 1.34. The van der Waals surface area contributed by atoms with Crippen molar-refractivity contribution >= 4 is 33.1 Å². The molecule has 2 aromatic heterocycles. The van der Waals surface area contributed by atoms with Crippen LogP contribution in [0.4, 0.5) is 5.69 Å². The topological polar surface area (TPSA) is 64.0 Å². The Morgan fingerprint density at radius 1 is 1.30 bits per heavy atom. The Bertz CT molecular complexity index is 911.